The molecule has 0 aliphatic carbocycles. The Morgan fingerprint density at radius 1 is 1.15 bits per heavy atom. The van der Waals surface area contributed by atoms with Crippen molar-refractivity contribution in [3.05, 3.63) is 30.0 Å². The summed E-state index contributed by atoms with van der Waals surface area (Å²) < 4.78 is 5.19. The van der Waals surface area contributed by atoms with Crippen LogP contribution in [0.4, 0.5) is 0 Å². The van der Waals surface area contributed by atoms with E-state index in [1.807, 2.05) is 6.08 Å². The Morgan fingerprint density at radius 3 is 2.59 bits per heavy atom. The fraction of sp³-hybridized carbons (Fsp3) is 0.625. The van der Waals surface area contributed by atoms with Gasteiger partial charge in [0.15, 0.2) is 12.1 Å². The third-order valence-electron chi connectivity index (χ3n) is 7.49. The second-order valence-corrected chi connectivity index (χ2v) is 9.61. The summed E-state index contributed by atoms with van der Waals surface area (Å²) in [5, 5.41) is 5.89. The van der Waals surface area contributed by atoms with Gasteiger partial charge in [-0.15, -0.1) is 0 Å². The van der Waals surface area contributed by atoms with Crippen molar-refractivity contribution in [1.29, 1.82) is 0 Å². The standard InChI is InChI=1S/C24H33N5O5/c1-16-21(26-15-34-16)22(32)29-10-6-19-18(14-29)5-3-4-7-24(23(33)25-13-20(31)27-19)8-11-28(12-9-24)17(2)30/h3-4,15,18-19H,5-14H2,1-2H3,(H,25,33)(H,27,31)/b4-3+/t18-,19+/m0/s1. The number of nitrogens with zero attached hydrogens (tertiary/aromatic N) is 3. The van der Waals surface area contributed by atoms with Crippen LogP contribution in [0.3, 0.4) is 0 Å². The monoisotopic (exact) mass is 471 g/mol. The van der Waals surface area contributed by atoms with Gasteiger partial charge >= 0.3 is 0 Å². The van der Waals surface area contributed by atoms with Gasteiger partial charge < -0.3 is 24.9 Å². The van der Waals surface area contributed by atoms with E-state index in [4.69, 9.17) is 4.42 Å². The summed E-state index contributed by atoms with van der Waals surface area (Å²) >= 11 is 0. The largest absolute Gasteiger partial charge is 0.448 e. The first-order valence-corrected chi connectivity index (χ1v) is 12.0. The first kappa shape index (κ1) is 24.0. The highest BCUT2D eigenvalue weighted by Gasteiger charge is 2.41. The number of rotatable bonds is 1. The highest BCUT2D eigenvalue weighted by molar-refractivity contribution is 5.93. The van der Waals surface area contributed by atoms with E-state index in [0.717, 1.165) is 0 Å². The number of amides is 4. The number of carbonyl (C=O) groups excluding carboxylic acids is 4. The molecule has 4 amide bonds. The zero-order chi connectivity index (χ0) is 24.3. The van der Waals surface area contributed by atoms with Gasteiger partial charge in [-0.3, -0.25) is 19.2 Å². The predicted octanol–water partition coefficient (Wildman–Crippen LogP) is 1.02. The van der Waals surface area contributed by atoms with Crippen LogP contribution in [-0.4, -0.2) is 77.2 Å². The van der Waals surface area contributed by atoms with Crippen LogP contribution >= 0.6 is 0 Å². The average molecular weight is 472 g/mol. The van der Waals surface area contributed by atoms with E-state index in [9.17, 15) is 19.2 Å². The Morgan fingerprint density at radius 2 is 1.91 bits per heavy atom. The van der Waals surface area contributed by atoms with Crippen molar-refractivity contribution in [3.63, 3.8) is 0 Å². The summed E-state index contributed by atoms with van der Waals surface area (Å²) in [6.07, 6.45) is 8.39. The molecule has 184 valence electrons. The maximum Gasteiger partial charge on any atom is 0.276 e. The van der Waals surface area contributed by atoms with Gasteiger partial charge in [0.25, 0.3) is 5.91 Å². The number of hydrogen-bond acceptors (Lipinski definition) is 6. The number of aryl methyl sites for hydroxylation is 1. The van der Waals surface area contributed by atoms with Gasteiger partial charge in [0.1, 0.15) is 5.76 Å². The van der Waals surface area contributed by atoms with Crippen LogP contribution < -0.4 is 10.6 Å². The van der Waals surface area contributed by atoms with Crippen LogP contribution in [0.1, 0.15) is 55.3 Å². The Kier molecular flexibility index (Phi) is 7.04. The molecule has 0 unspecified atom stereocenters. The smallest absolute Gasteiger partial charge is 0.276 e. The lowest BCUT2D eigenvalue weighted by Crippen LogP contribution is -2.55. The van der Waals surface area contributed by atoms with Gasteiger partial charge in [-0.25, -0.2) is 4.98 Å². The maximum atomic E-state index is 13.1. The topological polar surface area (TPSA) is 125 Å². The van der Waals surface area contributed by atoms with E-state index in [2.05, 4.69) is 21.7 Å². The number of hydrogen-bond donors (Lipinski definition) is 2. The van der Waals surface area contributed by atoms with Crippen molar-refractivity contribution in [2.75, 3.05) is 32.7 Å². The molecule has 1 aromatic rings. The van der Waals surface area contributed by atoms with Crippen molar-refractivity contribution >= 4 is 23.6 Å². The summed E-state index contributed by atoms with van der Waals surface area (Å²) in [6.45, 7) is 5.27. The van der Waals surface area contributed by atoms with Crippen LogP contribution in [0.25, 0.3) is 0 Å². The molecule has 2 N–H and O–H groups in total. The average Bonchev–Trinajstić information content (AvgIpc) is 3.26. The van der Waals surface area contributed by atoms with Gasteiger partial charge in [0.05, 0.1) is 12.0 Å². The molecular formula is C24H33N5O5. The van der Waals surface area contributed by atoms with Crippen molar-refractivity contribution in [1.82, 2.24) is 25.4 Å². The summed E-state index contributed by atoms with van der Waals surface area (Å²) in [5.74, 6) is 0.0511. The third kappa shape index (κ3) is 5.00. The Hall–Kier alpha value is -3.17. The number of allylic oxidation sites excluding steroid dienone is 2. The minimum Gasteiger partial charge on any atom is -0.448 e. The number of carbonyl (C=O) groups is 4. The molecule has 10 nitrogen and oxygen atoms in total. The zero-order valence-electron chi connectivity index (χ0n) is 19.8. The zero-order valence-corrected chi connectivity index (χ0v) is 19.8. The summed E-state index contributed by atoms with van der Waals surface area (Å²) in [5.41, 5.74) is -0.298. The molecule has 1 spiro atoms. The lowest BCUT2D eigenvalue weighted by Gasteiger charge is -2.41. The molecule has 4 rings (SSSR count). The summed E-state index contributed by atoms with van der Waals surface area (Å²) in [4.78, 5) is 58.0. The Labute approximate surface area is 199 Å². The van der Waals surface area contributed by atoms with Crippen LogP contribution in [-0.2, 0) is 14.4 Å². The minimum absolute atomic E-state index is 0.0154. The lowest BCUT2D eigenvalue weighted by atomic mass is 9.74. The van der Waals surface area contributed by atoms with Crippen molar-refractivity contribution in [2.45, 2.75) is 52.0 Å². The van der Waals surface area contributed by atoms with Crippen molar-refractivity contribution < 1.29 is 23.6 Å². The van der Waals surface area contributed by atoms with Gasteiger partial charge in [0.2, 0.25) is 17.7 Å². The quantitative estimate of drug-likeness (QED) is 0.590. The molecule has 2 saturated heterocycles. The van der Waals surface area contributed by atoms with E-state index in [0.29, 0.717) is 69.7 Å². The normalized spacial score (nSPS) is 26.5. The maximum absolute atomic E-state index is 13.1. The fourth-order valence-electron chi connectivity index (χ4n) is 5.27. The van der Waals surface area contributed by atoms with Gasteiger partial charge in [0, 0.05) is 45.1 Å². The molecule has 2 atom stereocenters. The van der Waals surface area contributed by atoms with E-state index < -0.39 is 5.41 Å². The molecule has 4 heterocycles. The predicted molar refractivity (Wildman–Crippen MR) is 122 cm³/mol. The second kappa shape index (κ2) is 9.99. The van der Waals surface area contributed by atoms with Gasteiger partial charge in [-0.2, -0.15) is 0 Å². The van der Waals surface area contributed by atoms with Crippen LogP contribution in [0.2, 0.25) is 0 Å². The lowest BCUT2D eigenvalue weighted by molar-refractivity contribution is -0.140. The number of fused-ring (bicyclic) bond motifs is 1. The number of piperidine rings is 2. The molecule has 0 bridgehead atoms. The highest BCUT2D eigenvalue weighted by Crippen LogP contribution is 2.36. The highest BCUT2D eigenvalue weighted by atomic mass is 16.3. The van der Waals surface area contributed by atoms with Crippen LogP contribution in [0.15, 0.2) is 23.0 Å². The van der Waals surface area contributed by atoms with Crippen molar-refractivity contribution in [2.24, 2.45) is 11.3 Å². The molecule has 0 aromatic carbocycles. The van der Waals surface area contributed by atoms with Crippen LogP contribution in [0, 0.1) is 18.3 Å². The molecule has 3 aliphatic rings. The molecule has 10 heteroatoms. The van der Waals surface area contributed by atoms with Gasteiger partial charge in [-0.05, 0) is 39.0 Å². The van der Waals surface area contributed by atoms with Crippen molar-refractivity contribution in [3.8, 4) is 0 Å². The Balaban J connectivity index is 1.48. The molecule has 34 heavy (non-hydrogen) atoms. The SMILES string of the molecule is CC(=O)N1CCC2(C/C=C/C[C@H]3CN(C(=O)c4ncoc4C)CC[C@H]3NC(=O)CNC2=O)CC1. The first-order valence-electron chi connectivity index (χ1n) is 12.0. The van der Waals surface area contributed by atoms with E-state index in [-0.39, 0.29) is 42.1 Å². The van der Waals surface area contributed by atoms with Gasteiger partial charge in [-0.1, -0.05) is 12.2 Å². The molecule has 3 aliphatic heterocycles. The third-order valence-corrected chi connectivity index (χ3v) is 7.49. The second-order valence-electron chi connectivity index (χ2n) is 9.61. The minimum atomic E-state index is -0.625. The molecule has 0 saturated carbocycles. The van der Waals surface area contributed by atoms with E-state index in [1.54, 1.807) is 23.6 Å². The Bertz CT molecular complexity index is 978. The summed E-state index contributed by atoms with van der Waals surface area (Å²) in [7, 11) is 0. The number of likely N-dealkylation sites (tertiary alicyclic amines) is 2. The van der Waals surface area contributed by atoms with E-state index >= 15 is 0 Å². The number of aromatic nitrogens is 1. The summed E-state index contributed by atoms with van der Waals surface area (Å²) in [6, 6.07) is -0.0799. The first-order chi connectivity index (χ1) is 16.3. The number of nitrogens with one attached hydrogen (secondary N) is 2. The van der Waals surface area contributed by atoms with E-state index in [1.165, 1.54) is 6.39 Å². The molecule has 2 fully saturated rings. The molecule has 0 radical (unpaired) electrons. The van der Waals surface area contributed by atoms with Crippen LogP contribution in [0.5, 0.6) is 0 Å². The number of oxazole rings is 1. The molecular weight excluding hydrogens is 438 g/mol. The molecule has 1 aromatic heterocycles. The fourth-order valence-corrected chi connectivity index (χ4v) is 5.27.